The number of likely N-dealkylation sites (tertiary alicyclic amines) is 1. The number of esters is 2. The summed E-state index contributed by atoms with van der Waals surface area (Å²) >= 11 is 1.28. The molecule has 11 heteroatoms. The van der Waals surface area contributed by atoms with Crippen molar-refractivity contribution in [3.63, 3.8) is 0 Å². The molecule has 3 aliphatic rings. The lowest BCUT2D eigenvalue weighted by molar-refractivity contribution is -0.139. The van der Waals surface area contributed by atoms with E-state index in [4.69, 9.17) is 14.2 Å². The molecule has 1 saturated carbocycles. The van der Waals surface area contributed by atoms with Gasteiger partial charge in [0.05, 0.1) is 42.2 Å². The molecule has 6 rings (SSSR count). The summed E-state index contributed by atoms with van der Waals surface area (Å²) in [5.74, 6) is -0.477. The summed E-state index contributed by atoms with van der Waals surface area (Å²) in [6, 6.07) is 14.7. The first-order valence-electron chi connectivity index (χ1n) is 15.1. The molecule has 230 valence electrons. The minimum absolute atomic E-state index is 0.0953. The maximum atomic E-state index is 13.0. The smallest absolute Gasteiger partial charge is 0.338 e. The Morgan fingerprint density at radius 3 is 2.50 bits per heavy atom. The van der Waals surface area contributed by atoms with Crippen molar-refractivity contribution in [1.29, 1.82) is 0 Å². The molecule has 2 amide bonds. The molecule has 2 saturated heterocycles. The fraction of sp³-hybridized carbons (Fsp3) is 0.424. The van der Waals surface area contributed by atoms with Gasteiger partial charge in [-0.05, 0) is 73.9 Å². The van der Waals surface area contributed by atoms with Gasteiger partial charge in [0.2, 0.25) is 5.91 Å². The van der Waals surface area contributed by atoms with Crippen LogP contribution in [0.25, 0.3) is 0 Å². The molecule has 1 aromatic heterocycles. The zero-order chi connectivity index (χ0) is 30.6. The summed E-state index contributed by atoms with van der Waals surface area (Å²) in [6.07, 6.45) is 4.51. The fourth-order valence-corrected chi connectivity index (χ4v) is 6.24. The minimum atomic E-state index is -0.482. The van der Waals surface area contributed by atoms with Gasteiger partial charge in [-0.3, -0.25) is 19.4 Å². The molecule has 2 unspecified atom stereocenters. The molecule has 10 nitrogen and oxygen atoms in total. The van der Waals surface area contributed by atoms with Crippen LogP contribution in [0.3, 0.4) is 0 Å². The van der Waals surface area contributed by atoms with Crippen molar-refractivity contribution in [2.24, 2.45) is 5.92 Å². The molecule has 44 heavy (non-hydrogen) atoms. The molecule has 0 radical (unpaired) electrons. The lowest BCUT2D eigenvalue weighted by Gasteiger charge is -2.33. The number of cyclic esters (lactones) is 1. The number of nitrogens with one attached hydrogen (secondary N) is 1. The van der Waals surface area contributed by atoms with Crippen LogP contribution in [0.5, 0.6) is 5.75 Å². The van der Waals surface area contributed by atoms with E-state index in [1.165, 1.54) is 29.7 Å². The number of ether oxygens (including phenoxy) is 3. The molecule has 3 heterocycles. The third-order valence-corrected chi connectivity index (χ3v) is 9.08. The molecular formula is C33H35N3O7S. The van der Waals surface area contributed by atoms with Crippen molar-refractivity contribution >= 4 is 35.1 Å². The molecular weight excluding hydrogens is 582 g/mol. The van der Waals surface area contributed by atoms with Crippen LogP contribution < -0.4 is 10.1 Å². The molecule has 3 fully saturated rings. The number of piperidine rings is 1. The SMILES string of the molecule is CC(NC(=O)c1cncs1)C(Oc1ccc(C(=O)O[C@H]2CCCN(C(=O)[C@H]3COC(=O)C3)C2)cc1)c1ccc(C2CC2)cc1. The van der Waals surface area contributed by atoms with Gasteiger partial charge in [0, 0.05) is 6.54 Å². The molecule has 4 atom stereocenters. The molecule has 1 N–H and O–H groups in total. The second-order valence-electron chi connectivity index (χ2n) is 11.7. The van der Waals surface area contributed by atoms with E-state index in [-0.39, 0.29) is 36.9 Å². The maximum absolute atomic E-state index is 13.0. The lowest BCUT2D eigenvalue weighted by atomic mass is 10.00. The van der Waals surface area contributed by atoms with Gasteiger partial charge in [0.25, 0.3) is 5.91 Å². The topological polar surface area (TPSA) is 124 Å². The van der Waals surface area contributed by atoms with Gasteiger partial charge in [-0.15, -0.1) is 11.3 Å². The van der Waals surface area contributed by atoms with E-state index in [0.29, 0.717) is 48.0 Å². The Morgan fingerprint density at radius 1 is 1.07 bits per heavy atom. The summed E-state index contributed by atoms with van der Waals surface area (Å²) in [7, 11) is 0. The Hall–Kier alpha value is -4.25. The van der Waals surface area contributed by atoms with Crippen LogP contribution in [-0.2, 0) is 19.1 Å². The van der Waals surface area contributed by atoms with Gasteiger partial charge in [0.1, 0.15) is 29.4 Å². The molecule has 2 aliphatic heterocycles. The van der Waals surface area contributed by atoms with Gasteiger partial charge >= 0.3 is 11.9 Å². The minimum Gasteiger partial charge on any atom is -0.484 e. The number of carbonyl (C=O) groups is 4. The standard InChI is InChI=1S/C33H35N3O7S/c1-20(35-31(38)28-16-34-19-44-28)30(23-8-6-22(7-9-23)21-4-5-21)42-26-12-10-24(11-13-26)33(40)43-27-3-2-14-36(17-27)32(39)25-15-29(37)41-18-25/h6-13,16,19-21,25,27,30H,2-5,14-15,17-18H2,1H3,(H,35,38)/t20?,25-,27+,30?/m1/s1. The Labute approximate surface area is 259 Å². The van der Waals surface area contributed by atoms with Gasteiger partial charge in [-0.25, -0.2) is 4.79 Å². The number of benzene rings is 2. The summed E-state index contributed by atoms with van der Waals surface area (Å²) < 4.78 is 17.1. The Kier molecular flexibility index (Phi) is 8.92. The summed E-state index contributed by atoms with van der Waals surface area (Å²) in [5.41, 5.74) is 4.23. The lowest BCUT2D eigenvalue weighted by Crippen LogP contribution is -2.46. The van der Waals surface area contributed by atoms with E-state index in [1.54, 1.807) is 40.9 Å². The summed E-state index contributed by atoms with van der Waals surface area (Å²) in [4.78, 5) is 56.2. The van der Waals surface area contributed by atoms with E-state index < -0.39 is 24.1 Å². The number of thiazole rings is 1. The van der Waals surface area contributed by atoms with E-state index >= 15 is 0 Å². The normalized spacial score (nSPS) is 21.2. The van der Waals surface area contributed by atoms with Gasteiger partial charge < -0.3 is 24.4 Å². The maximum Gasteiger partial charge on any atom is 0.338 e. The first-order valence-corrected chi connectivity index (χ1v) is 15.9. The Bertz CT molecular complexity index is 1490. The van der Waals surface area contributed by atoms with E-state index in [1.807, 2.05) is 6.92 Å². The Morgan fingerprint density at radius 2 is 1.84 bits per heavy atom. The highest BCUT2D eigenvalue weighted by Crippen LogP contribution is 2.40. The van der Waals surface area contributed by atoms with Crippen molar-refractivity contribution in [3.05, 3.63) is 81.8 Å². The third kappa shape index (κ3) is 7.10. The van der Waals surface area contributed by atoms with Crippen LogP contribution in [0.1, 0.15) is 82.2 Å². The highest BCUT2D eigenvalue weighted by Gasteiger charge is 2.36. The number of hydrogen-bond acceptors (Lipinski definition) is 9. The predicted molar refractivity (Wildman–Crippen MR) is 161 cm³/mol. The molecule has 0 bridgehead atoms. The average Bonchev–Trinajstić information content (AvgIpc) is 3.55. The number of carbonyl (C=O) groups excluding carboxylic acids is 4. The first-order chi connectivity index (χ1) is 21.3. The van der Waals surface area contributed by atoms with E-state index in [2.05, 4.69) is 34.6 Å². The van der Waals surface area contributed by atoms with Crippen molar-refractivity contribution < 1.29 is 33.4 Å². The number of nitrogens with zero attached hydrogens (tertiary/aromatic N) is 2. The molecule has 1 aliphatic carbocycles. The fourth-order valence-electron chi connectivity index (χ4n) is 5.71. The molecule has 2 aromatic carbocycles. The van der Waals surface area contributed by atoms with Crippen molar-refractivity contribution in [2.75, 3.05) is 19.7 Å². The molecule has 3 aromatic rings. The van der Waals surface area contributed by atoms with Gasteiger partial charge in [0.15, 0.2) is 0 Å². The predicted octanol–water partition coefficient (Wildman–Crippen LogP) is 4.67. The van der Waals surface area contributed by atoms with Crippen LogP contribution in [0.4, 0.5) is 0 Å². The second-order valence-corrected chi connectivity index (χ2v) is 12.6. The van der Waals surface area contributed by atoms with E-state index in [0.717, 1.165) is 5.56 Å². The van der Waals surface area contributed by atoms with Crippen molar-refractivity contribution in [1.82, 2.24) is 15.2 Å². The zero-order valence-corrected chi connectivity index (χ0v) is 25.3. The highest BCUT2D eigenvalue weighted by atomic mass is 32.1. The number of rotatable bonds is 10. The summed E-state index contributed by atoms with van der Waals surface area (Å²) in [5, 5.41) is 3.04. The van der Waals surface area contributed by atoms with Crippen LogP contribution in [0, 0.1) is 5.92 Å². The van der Waals surface area contributed by atoms with Crippen LogP contribution in [-0.4, -0.2) is 65.5 Å². The highest BCUT2D eigenvalue weighted by molar-refractivity contribution is 7.11. The zero-order valence-electron chi connectivity index (χ0n) is 24.5. The van der Waals surface area contributed by atoms with Gasteiger partial charge in [-0.1, -0.05) is 24.3 Å². The largest absolute Gasteiger partial charge is 0.484 e. The Balaban J connectivity index is 1.09. The second kappa shape index (κ2) is 13.2. The monoisotopic (exact) mass is 617 g/mol. The average molecular weight is 618 g/mol. The van der Waals surface area contributed by atoms with Crippen LogP contribution in [0.2, 0.25) is 0 Å². The number of amides is 2. The van der Waals surface area contributed by atoms with Crippen LogP contribution in [0.15, 0.2) is 60.2 Å². The van der Waals surface area contributed by atoms with Gasteiger partial charge in [-0.2, -0.15) is 0 Å². The number of aromatic nitrogens is 1. The van der Waals surface area contributed by atoms with Crippen molar-refractivity contribution in [3.8, 4) is 5.75 Å². The first kappa shape index (κ1) is 29.8. The van der Waals surface area contributed by atoms with Crippen molar-refractivity contribution in [2.45, 2.75) is 63.2 Å². The number of hydrogen-bond donors (Lipinski definition) is 1. The quantitative estimate of drug-likeness (QED) is 0.326. The van der Waals surface area contributed by atoms with E-state index in [9.17, 15) is 19.2 Å². The molecule has 0 spiro atoms. The third-order valence-electron chi connectivity index (χ3n) is 8.31. The van der Waals surface area contributed by atoms with Crippen LogP contribution >= 0.6 is 11.3 Å². The summed E-state index contributed by atoms with van der Waals surface area (Å²) in [6.45, 7) is 2.87.